The average molecular weight is 445 g/mol. The van der Waals surface area contributed by atoms with Crippen molar-refractivity contribution in [3.05, 3.63) is 46.7 Å². The predicted octanol–water partition coefficient (Wildman–Crippen LogP) is 1.23. The molecule has 0 spiro atoms. The van der Waals surface area contributed by atoms with Crippen LogP contribution < -0.4 is 27.4 Å². The number of carbonyl (C=O) groups is 2. The highest BCUT2D eigenvalue weighted by Crippen LogP contribution is 2.17. The normalized spacial score (nSPS) is 15.1. The van der Waals surface area contributed by atoms with Gasteiger partial charge in [-0.25, -0.2) is 9.97 Å². The highest BCUT2D eigenvalue weighted by Gasteiger charge is 2.22. The van der Waals surface area contributed by atoms with E-state index in [1.165, 1.54) is 0 Å². The Labute approximate surface area is 184 Å². The van der Waals surface area contributed by atoms with Gasteiger partial charge in [-0.1, -0.05) is 48.4 Å². The Balaban J connectivity index is 1.33. The van der Waals surface area contributed by atoms with Gasteiger partial charge in [0, 0.05) is 19.0 Å². The van der Waals surface area contributed by atoms with Crippen molar-refractivity contribution in [2.24, 2.45) is 4.99 Å². The number of halogens is 1. The summed E-state index contributed by atoms with van der Waals surface area (Å²) in [6.45, 7) is 1.06. The molecule has 0 aliphatic carbocycles. The molecule has 0 fully saturated rings. The van der Waals surface area contributed by atoms with Gasteiger partial charge in [-0.3, -0.25) is 19.9 Å². The molecule has 7 N–H and O–H groups in total. The van der Waals surface area contributed by atoms with Crippen molar-refractivity contribution in [3.63, 3.8) is 0 Å². The monoisotopic (exact) mass is 444 g/mol. The van der Waals surface area contributed by atoms with Gasteiger partial charge >= 0.3 is 0 Å². The topological polar surface area (TPSA) is 160 Å². The Morgan fingerprint density at radius 3 is 2.68 bits per heavy atom. The first-order valence-corrected chi connectivity index (χ1v) is 10.3. The van der Waals surface area contributed by atoms with E-state index in [0.29, 0.717) is 25.5 Å². The third-order valence-electron chi connectivity index (χ3n) is 4.70. The molecule has 1 aromatic carbocycles. The van der Waals surface area contributed by atoms with Gasteiger partial charge in [0.1, 0.15) is 0 Å². The molecule has 1 aromatic heterocycles. The zero-order chi connectivity index (χ0) is 22.2. The maximum Gasteiger partial charge on any atom is 0.280 e. The number of nitrogens with two attached hydrogens (primary N) is 2. The highest BCUT2D eigenvalue weighted by atomic mass is 35.5. The molecule has 2 aromatic rings. The van der Waals surface area contributed by atoms with Crippen molar-refractivity contribution in [1.29, 1.82) is 0 Å². The fourth-order valence-corrected chi connectivity index (χ4v) is 3.19. The summed E-state index contributed by atoms with van der Waals surface area (Å²) in [5.41, 5.74) is 12.2. The fraction of sp³-hybridized carbons (Fsp3) is 0.350. The molecule has 1 aliphatic heterocycles. The molecule has 11 heteroatoms. The number of guanidine groups is 1. The maximum absolute atomic E-state index is 12.3. The van der Waals surface area contributed by atoms with E-state index < -0.39 is 5.91 Å². The summed E-state index contributed by atoms with van der Waals surface area (Å²) in [7, 11) is 0. The second-order valence-electron chi connectivity index (χ2n) is 7.13. The van der Waals surface area contributed by atoms with Crippen molar-refractivity contribution < 1.29 is 9.59 Å². The Hall–Kier alpha value is -3.40. The smallest absolute Gasteiger partial charge is 0.280 e. The van der Waals surface area contributed by atoms with Gasteiger partial charge in [-0.15, -0.1) is 0 Å². The summed E-state index contributed by atoms with van der Waals surface area (Å²) in [5.74, 6) is -0.354. The van der Waals surface area contributed by atoms with Crippen LogP contribution in [0.2, 0.25) is 5.15 Å². The van der Waals surface area contributed by atoms with Crippen LogP contribution in [0.25, 0.3) is 0 Å². The van der Waals surface area contributed by atoms with Crippen LogP contribution in [0.5, 0.6) is 0 Å². The number of aromatic nitrogens is 2. The summed E-state index contributed by atoms with van der Waals surface area (Å²) < 4.78 is 0. The van der Waals surface area contributed by atoms with E-state index in [0.717, 1.165) is 24.8 Å². The second-order valence-corrected chi connectivity index (χ2v) is 7.48. The molecule has 2 heterocycles. The molecule has 0 radical (unpaired) electrons. The number of nitrogens with one attached hydrogen (secondary N) is 3. The number of hydrogen-bond acceptors (Lipinski definition) is 8. The molecule has 31 heavy (non-hydrogen) atoms. The van der Waals surface area contributed by atoms with E-state index in [1.54, 1.807) is 0 Å². The van der Waals surface area contributed by atoms with Gasteiger partial charge in [-0.05, 0) is 18.4 Å². The lowest BCUT2D eigenvalue weighted by atomic mass is 10.1. The lowest BCUT2D eigenvalue weighted by Gasteiger charge is -2.12. The van der Waals surface area contributed by atoms with Crippen LogP contribution in [-0.2, 0) is 11.3 Å². The molecule has 10 nitrogen and oxygen atoms in total. The quantitative estimate of drug-likeness (QED) is 0.382. The number of rotatable bonds is 8. The van der Waals surface area contributed by atoms with Crippen molar-refractivity contribution in [3.8, 4) is 0 Å². The first kappa shape index (κ1) is 22.3. The number of unbranched alkanes of at least 4 members (excludes halogenated alkanes) is 1. The Kier molecular flexibility index (Phi) is 7.60. The summed E-state index contributed by atoms with van der Waals surface area (Å²) >= 11 is 5.81. The summed E-state index contributed by atoms with van der Waals surface area (Å²) in [4.78, 5) is 36.2. The Morgan fingerprint density at radius 1 is 1.13 bits per heavy atom. The SMILES string of the molecule is Nc1nc(N)c(C(=O)NC2=NC[C@H](CCCCC(=O)NCc3ccccc3)N2)nc1Cl. The van der Waals surface area contributed by atoms with Crippen LogP contribution in [0.1, 0.15) is 41.7 Å². The molecule has 0 bridgehead atoms. The molecule has 0 saturated carbocycles. The predicted molar refractivity (Wildman–Crippen MR) is 119 cm³/mol. The largest absolute Gasteiger partial charge is 0.382 e. The number of anilines is 2. The second kappa shape index (κ2) is 10.6. The summed E-state index contributed by atoms with van der Waals surface area (Å²) in [5, 5.41) is 8.58. The molecule has 164 valence electrons. The number of amides is 2. The van der Waals surface area contributed by atoms with Crippen LogP contribution >= 0.6 is 11.6 Å². The minimum atomic E-state index is -0.575. The highest BCUT2D eigenvalue weighted by molar-refractivity contribution is 6.31. The molecule has 0 unspecified atom stereocenters. The molecule has 1 atom stereocenters. The van der Waals surface area contributed by atoms with E-state index in [9.17, 15) is 9.59 Å². The Bertz CT molecular complexity index is 967. The van der Waals surface area contributed by atoms with Crippen LogP contribution in [0.4, 0.5) is 11.6 Å². The zero-order valence-corrected chi connectivity index (χ0v) is 17.7. The van der Waals surface area contributed by atoms with Crippen molar-refractivity contribution in [2.75, 3.05) is 18.0 Å². The van der Waals surface area contributed by atoms with Crippen molar-refractivity contribution in [2.45, 2.75) is 38.3 Å². The maximum atomic E-state index is 12.3. The number of aliphatic imine (C=N–C) groups is 1. The summed E-state index contributed by atoms with van der Waals surface area (Å²) in [6.07, 6.45) is 2.93. The lowest BCUT2D eigenvalue weighted by Crippen LogP contribution is -2.42. The molecule has 2 amide bonds. The number of nitrogen functional groups attached to an aromatic ring is 2. The van der Waals surface area contributed by atoms with E-state index >= 15 is 0 Å². The summed E-state index contributed by atoms with van der Waals surface area (Å²) in [6, 6.07) is 9.88. The third kappa shape index (κ3) is 6.54. The molecular weight excluding hydrogens is 420 g/mol. The van der Waals surface area contributed by atoms with Gasteiger partial charge in [0.05, 0.1) is 6.54 Å². The van der Waals surface area contributed by atoms with Crippen molar-refractivity contribution in [1.82, 2.24) is 25.9 Å². The molecule has 1 aliphatic rings. The van der Waals surface area contributed by atoms with E-state index in [4.69, 9.17) is 23.1 Å². The third-order valence-corrected chi connectivity index (χ3v) is 4.98. The van der Waals surface area contributed by atoms with Crippen LogP contribution in [0.3, 0.4) is 0 Å². The van der Waals surface area contributed by atoms with Gasteiger partial charge < -0.3 is 22.1 Å². The minimum absolute atomic E-state index is 0.0355. The first-order chi connectivity index (χ1) is 14.9. The van der Waals surface area contributed by atoms with Gasteiger partial charge in [0.15, 0.2) is 28.4 Å². The van der Waals surface area contributed by atoms with E-state index in [1.807, 2.05) is 30.3 Å². The van der Waals surface area contributed by atoms with E-state index in [-0.39, 0.29) is 34.4 Å². The van der Waals surface area contributed by atoms with Gasteiger partial charge in [-0.2, -0.15) is 0 Å². The first-order valence-electron chi connectivity index (χ1n) is 9.94. The molecule has 3 rings (SSSR count). The van der Waals surface area contributed by atoms with Gasteiger partial charge in [0.25, 0.3) is 5.91 Å². The fourth-order valence-electron chi connectivity index (χ4n) is 3.06. The average Bonchev–Trinajstić information content (AvgIpc) is 3.20. The van der Waals surface area contributed by atoms with Crippen LogP contribution in [0.15, 0.2) is 35.3 Å². The van der Waals surface area contributed by atoms with Crippen molar-refractivity contribution >= 4 is 41.0 Å². The molecular formula is C20H25ClN8O2. The lowest BCUT2D eigenvalue weighted by molar-refractivity contribution is -0.121. The standard InChI is InChI=1S/C20H25ClN8O2/c21-16-18(23)28-17(22)15(27-16)19(31)29-20-25-11-13(26-20)8-4-5-9-14(30)24-10-12-6-2-1-3-7-12/h1-3,6-7,13H,4-5,8-11H2,(H,24,30)(H4,22,23,28)(H2,25,26,29,31)/t13-/m0/s1. The van der Waals surface area contributed by atoms with Gasteiger partial charge in [0.2, 0.25) is 5.91 Å². The Morgan fingerprint density at radius 2 is 1.90 bits per heavy atom. The molecule has 0 saturated heterocycles. The van der Waals surface area contributed by atoms with E-state index in [2.05, 4.69) is 30.9 Å². The number of benzene rings is 1. The number of hydrogen-bond donors (Lipinski definition) is 5. The number of nitrogens with zero attached hydrogens (tertiary/aromatic N) is 3. The van der Waals surface area contributed by atoms with Crippen LogP contribution in [0, 0.1) is 0 Å². The van der Waals surface area contributed by atoms with Crippen LogP contribution in [-0.4, -0.2) is 40.3 Å². The number of carbonyl (C=O) groups excluding carboxylic acids is 2. The zero-order valence-electron chi connectivity index (χ0n) is 16.9. The minimum Gasteiger partial charge on any atom is -0.382 e.